The largest absolute Gasteiger partial charge is 0.399 e. The lowest BCUT2D eigenvalue weighted by Gasteiger charge is -2.08. The summed E-state index contributed by atoms with van der Waals surface area (Å²) in [5.74, 6) is 1.58. The van der Waals surface area contributed by atoms with Crippen molar-refractivity contribution in [2.75, 3.05) is 16.8 Å². The number of hydrogen-bond acceptors (Lipinski definition) is 7. The van der Waals surface area contributed by atoms with Crippen LogP contribution in [0.5, 0.6) is 0 Å². The topological polar surface area (TPSA) is 120 Å². The molecule has 0 atom stereocenters. The lowest BCUT2D eigenvalue weighted by atomic mass is 10.2. The van der Waals surface area contributed by atoms with Crippen molar-refractivity contribution in [1.82, 2.24) is 24.6 Å². The number of aromatic nitrogens is 5. The van der Waals surface area contributed by atoms with E-state index in [2.05, 4.69) is 25.4 Å². The minimum atomic E-state index is 0.392. The van der Waals surface area contributed by atoms with E-state index >= 15 is 0 Å². The van der Waals surface area contributed by atoms with E-state index in [4.69, 9.17) is 11.5 Å². The molecule has 5 N–H and O–H groups in total. The molecular weight excluding hydrogens is 316 g/mol. The summed E-state index contributed by atoms with van der Waals surface area (Å²) in [5, 5.41) is 7.67. The monoisotopic (exact) mass is 332 g/mol. The van der Waals surface area contributed by atoms with E-state index in [0.717, 1.165) is 5.69 Å². The third kappa shape index (κ3) is 2.80. The van der Waals surface area contributed by atoms with Gasteiger partial charge in [0.05, 0.1) is 5.69 Å². The molecule has 1 aromatic carbocycles. The number of nitrogens with two attached hydrogens (primary N) is 2. The fourth-order valence-corrected chi connectivity index (χ4v) is 2.67. The predicted octanol–water partition coefficient (Wildman–Crippen LogP) is 2.40. The Hall–Kier alpha value is -3.68. The zero-order chi connectivity index (χ0) is 17.4. The van der Waals surface area contributed by atoms with Gasteiger partial charge in [0.1, 0.15) is 17.3 Å². The van der Waals surface area contributed by atoms with E-state index in [-0.39, 0.29) is 0 Å². The first kappa shape index (κ1) is 14.9. The van der Waals surface area contributed by atoms with Crippen LogP contribution >= 0.6 is 0 Å². The Morgan fingerprint density at radius 2 is 1.88 bits per heavy atom. The number of benzene rings is 1. The Morgan fingerprint density at radius 3 is 2.68 bits per heavy atom. The first-order chi connectivity index (χ1) is 12.1. The quantitative estimate of drug-likeness (QED) is 0.493. The Kier molecular flexibility index (Phi) is 3.42. The minimum Gasteiger partial charge on any atom is -0.399 e. The molecule has 0 bridgehead atoms. The highest BCUT2D eigenvalue weighted by molar-refractivity contribution is 5.78. The molecule has 0 aliphatic heterocycles. The highest BCUT2D eigenvalue weighted by Crippen LogP contribution is 2.30. The smallest absolute Gasteiger partial charge is 0.161 e. The van der Waals surface area contributed by atoms with Gasteiger partial charge in [0.25, 0.3) is 0 Å². The molecule has 3 heterocycles. The van der Waals surface area contributed by atoms with Gasteiger partial charge >= 0.3 is 0 Å². The number of nitrogen functional groups attached to an aromatic ring is 2. The lowest BCUT2D eigenvalue weighted by molar-refractivity contribution is 0.932. The molecule has 0 aliphatic rings. The van der Waals surface area contributed by atoms with E-state index in [1.54, 1.807) is 23.7 Å². The van der Waals surface area contributed by atoms with Crippen molar-refractivity contribution in [2.45, 2.75) is 6.92 Å². The zero-order valence-electron chi connectivity index (χ0n) is 13.5. The Bertz CT molecular complexity index is 1050. The number of imidazole rings is 1. The number of anilines is 4. The number of nitrogens with one attached hydrogen (secondary N) is 1. The highest BCUT2D eigenvalue weighted by atomic mass is 15.3. The second-order valence-electron chi connectivity index (χ2n) is 5.58. The SMILES string of the molecule is Cc1nc(N)cc(-c2c(Nc3cccc(N)c3)nc3cccnn23)n1. The summed E-state index contributed by atoms with van der Waals surface area (Å²) in [7, 11) is 0. The second kappa shape index (κ2) is 5.75. The number of aryl methyl sites for hydroxylation is 1. The van der Waals surface area contributed by atoms with Crippen molar-refractivity contribution >= 4 is 28.7 Å². The fourth-order valence-electron chi connectivity index (χ4n) is 2.67. The molecule has 0 amide bonds. The van der Waals surface area contributed by atoms with Crippen LogP contribution in [0.3, 0.4) is 0 Å². The second-order valence-corrected chi connectivity index (χ2v) is 5.58. The van der Waals surface area contributed by atoms with E-state index in [1.807, 2.05) is 36.4 Å². The molecule has 0 saturated heterocycles. The molecule has 4 aromatic rings. The van der Waals surface area contributed by atoms with Crippen molar-refractivity contribution < 1.29 is 0 Å². The van der Waals surface area contributed by atoms with Crippen LogP contribution in [0.25, 0.3) is 17.0 Å². The molecule has 3 aromatic heterocycles. The molecule has 0 unspecified atom stereocenters. The van der Waals surface area contributed by atoms with Gasteiger partial charge in [-0.15, -0.1) is 0 Å². The normalized spacial score (nSPS) is 10.9. The van der Waals surface area contributed by atoms with Crippen LogP contribution in [0.2, 0.25) is 0 Å². The highest BCUT2D eigenvalue weighted by Gasteiger charge is 2.17. The molecule has 0 fully saturated rings. The third-order valence-electron chi connectivity index (χ3n) is 3.64. The molecule has 8 heteroatoms. The summed E-state index contributed by atoms with van der Waals surface area (Å²) in [6.45, 7) is 1.79. The first-order valence-electron chi connectivity index (χ1n) is 7.68. The standard InChI is InChI=1S/C17H16N8/c1-10-21-13(9-14(19)22-10)16-17(23-12-5-2-4-11(18)8-12)24-15-6-3-7-20-25(15)16/h2-9,23H,18H2,1H3,(H2,19,21,22). The maximum atomic E-state index is 5.89. The number of nitrogens with zero attached hydrogens (tertiary/aromatic N) is 5. The molecule has 25 heavy (non-hydrogen) atoms. The van der Waals surface area contributed by atoms with Gasteiger partial charge in [-0.25, -0.2) is 19.5 Å². The van der Waals surface area contributed by atoms with E-state index in [0.29, 0.717) is 40.2 Å². The summed E-state index contributed by atoms with van der Waals surface area (Å²) in [6, 6.07) is 12.9. The predicted molar refractivity (Wildman–Crippen MR) is 97.3 cm³/mol. The van der Waals surface area contributed by atoms with Crippen LogP contribution in [0.15, 0.2) is 48.7 Å². The summed E-state index contributed by atoms with van der Waals surface area (Å²) in [5.41, 5.74) is 15.3. The van der Waals surface area contributed by atoms with Gasteiger partial charge in [0, 0.05) is 23.6 Å². The molecule has 124 valence electrons. The zero-order valence-corrected chi connectivity index (χ0v) is 13.5. The van der Waals surface area contributed by atoms with E-state index in [1.165, 1.54) is 0 Å². The Balaban J connectivity index is 1.92. The van der Waals surface area contributed by atoms with Crippen LogP contribution in [0.4, 0.5) is 23.0 Å². The van der Waals surface area contributed by atoms with Crippen LogP contribution in [0, 0.1) is 6.92 Å². The van der Waals surface area contributed by atoms with Crippen molar-refractivity contribution in [3.63, 3.8) is 0 Å². The van der Waals surface area contributed by atoms with Crippen LogP contribution in [-0.4, -0.2) is 24.6 Å². The van der Waals surface area contributed by atoms with Crippen molar-refractivity contribution in [3.05, 3.63) is 54.5 Å². The summed E-state index contributed by atoms with van der Waals surface area (Å²) in [4.78, 5) is 13.2. The van der Waals surface area contributed by atoms with Gasteiger partial charge in [-0.2, -0.15) is 5.10 Å². The fraction of sp³-hybridized carbons (Fsp3) is 0.0588. The van der Waals surface area contributed by atoms with Crippen LogP contribution < -0.4 is 16.8 Å². The summed E-state index contributed by atoms with van der Waals surface area (Å²) in [6.07, 6.45) is 1.69. The van der Waals surface area contributed by atoms with Crippen LogP contribution in [-0.2, 0) is 0 Å². The van der Waals surface area contributed by atoms with Crippen molar-refractivity contribution in [3.8, 4) is 11.4 Å². The molecular formula is C17H16N8. The van der Waals surface area contributed by atoms with Gasteiger partial charge in [-0.3, -0.25) is 0 Å². The van der Waals surface area contributed by atoms with Gasteiger partial charge in [0.15, 0.2) is 11.5 Å². The summed E-state index contributed by atoms with van der Waals surface area (Å²) < 4.78 is 1.72. The summed E-state index contributed by atoms with van der Waals surface area (Å²) >= 11 is 0. The number of fused-ring (bicyclic) bond motifs is 1. The minimum absolute atomic E-state index is 0.392. The van der Waals surface area contributed by atoms with E-state index in [9.17, 15) is 0 Å². The molecule has 0 radical (unpaired) electrons. The van der Waals surface area contributed by atoms with Gasteiger partial charge < -0.3 is 16.8 Å². The maximum Gasteiger partial charge on any atom is 0.161 e. The molecule has 8 nitrogen and oxygen atoms in total. The average molecular weight is 332 g/mol. The maximum absolute atomic E-state index is 5.89. The Labute approximate surface area is 143 Å². The van der Waals surface area contributed by atoms with E-state index < -0.39 is 0 Å². The molecule has 0 aliphatic carbocycles. The first-order valence-corrected chi connectivity index (χ1v) is 7.68. The number of rotatable bonds is 3. The number of hydrogen-bond donors (Lipinski definition) is 3. The van der Waals surface area contributed by atoms with Crippen molar-refractivity contribution in [2.24, 2.45) is 0 Å². The molecule has 0 spiro atoms. The van der Waals surface area contributed by atoms with Crippen LogP contribution in [0.1, 0.15) is 5.82 Å². The van der Waals surface area contributed by atoms with Gasteiger partial charge in [0.2, 0.25) is 0 Å². The molecule has 4 rings (SSSR count). The van der Waals surface area contributed by atoms with Gasteiger partial charge in [-0.05, 0) is 37.3 Å². The third-order valence-corrected chi connectivity index (χ3v) is 3.64. The lowest BCUT2D eigenvalue weighted by Crippen LogP contribution is -2.02. The van der Waals surface area contributed by atoms with Gasteiger partial charge in [-0.1, -0.05) is 6.07 Å². The average Bonchev–Trinajstić information content (AvgIpc) is 2.91. The molecule has 0 saturated carbocycles. The van der Waals surface area contributed by atoms with Crippen molar-refractivity contribution in [1.29, 1.82) is 0 Å². The Morgan fingerprint density at radius 1 is 1.00 bits per heavy atom.